The third-order valence-corrected chi connectivity index (χ3v) is 4.90. The second-order valence-electron chi connectivity index (χ2n) is 7.65. The number of hydrogen-bond donors (Lipinski definition) is 0. The lowest BCUT2D eigenvalue weighted by Gasteiger charge is -2.39. The molecule has 0 spiro atoms. The van der Waals surface area contributed by atoms with Crippen LogP contribution in [0.3, 0.4) is 0 Å². The zero-order valence-electron chi connectivity index (χ0n) is 14.4. The van der Waals surface area contributed by atoms with Gasteiger partial charge in [0.05, 0.1) is 5.57 Å². The number of hydrogen-bond acceptors (Lipinski definition) is 3. The summed E-state index contributed by atoms with van der Waals surface area (Å²) in [5.74, 6) is -0.902. The van der Waals surface area contributed by atoms with Crippen molar-refractivity contribution in [2.24, 2.45) is 5.41 Å². The maximum Gasteiger partial charge on any atom is 0.198 e. The maximum atomic E-state index is 13.5. The number of carbonyl (C=O) groups is 2. The highest BCUT2D eigenvalue weighted by Gasteiger charge is 2.38. The molecule has 1 aliphatic carbocycles. The summed E-state index contributed by atoms with van der Waals surface area (Å²) in [5, 5.41) is 0. The van der Waals surface area contributed by atoms with E-state index in [0.29, 0.717) is 6.42 Å². The lowest BCUT2D eigenvalue weighted by atomic mass is 9.74. The fourth-order valence-corrected chi connectivity index (χ4v) is 3.75. The fraction of sp³-hybridized carbons (Fsp3) is 0.500. The van der Waals surface area contributed by atoms with Crippen LogP contribution in [0.15, 0.2) is 35.5 Å². The molecule has 0 aromatic heterocycles. The Morgan fingerprint density at radius 1 is 1.12 bits per heavy atom. The van der Waals surface area contributed by atoms with Crippen LogP contribution >= 0.6 is 0 Å². The van der Waals surface area contributed by atoms with Crippen LogP contribution in [0.4, 0.5) is 4.39 Å². The highest BCUT2D eigenvalue weighted by atomic mass is 19.1. The van der Waals surface area contributed by atoms with Gasteiger partial charge in [-0.3, -0.25) is 9.59 Å². The predicted octanol–water partition coefficient (Wildman–Crippen LogP) is 4.14. The van der Waals surface area contributed by atoms with Crippen LogP contribution in [0.5, 0.6) is 0 Å². The Bertz CT molecular complexity index is 699. The molecule has 3 nitrogen and oxygen atoms in total. The summed E-state index contributed by atoms with van der Waals surface area (Å²) in [5.41, 5.74) is 1.26. The summed E-state index contributed by atoms with van der Waals surface area (Å²) in [4.78, 5) is 27.9. The summed E-state index contributed by atoms with van der Waals surface area (Å²) < 4.78 is 13.5. The summed E-state index contributed by atoms with van der Waals surface area (Å²) >= 11 is 0. The lowest BCUT2D eigenvalue weighted by molar-refractivity contribution is -0.118. The molecule has 128 valence electrons. The van der Waals surface area contributed by atoms with Crippen molar-refractivity contribution in [2.75, 3.05) is 13.1 Å². The molecule has 1 aliphatic heterocycles. The van der Waals surface area contributed by atoms with Gasteiger partial charge in [-0.15, -0.1) is 0 Å². The van der Waals surface area contributed by atoms with Gasteiger partial charge in [-0.1, -0.05) is 26.0 Å². The first-order chi connectivity index (χ1) is 11.4. The molecule has 2 aliphatic rings. The van der Waals surface area contributed by atoms with Crippen molar-refractivity contribution in [1.29, 1.82) is 0 Å². The molecule has 0 N–H and O–H groups in total. The van der Waals surface area contributed by atoms with Crippen molar-refractivity contribution in [3.8, 4) is 0 Å². The number of benzene rings is 1. The molecular formula is C20H24FNO2. The predicted molar refractivity (Wildman–Crippen MR) is 91.2 cm³/mol. The molecule has 0 radical (unpaired) electrons. The van der Waals surface area contributed by atoms with Gasteiger partial charge >= 0.3 is 0 Å². The van der Waals surface area contributed by atoms with E-state index >= 15 is 0 Å². The Kier molecular flexibility index (Phi) is 4.57. The lowest BCUT2D eigenvalue weighted by Crippen LogP contribution is -2.38. The number of likely N-dealkylation sites (tertiary alicyclic amines) is 1. The first-order valence-electron chi connectivity index (χ1n) is 8.69. The SMILES string of the molecule is CC1(C)CC(=O)C(C(=O)c2cccc(F)c2)=C(N2CCCCC2)C1. The molecule has 1 heterocycles. The second-order valence-corrected chi connectivity index (χ2v) is 7.65. The zero-order valence-corrected chi connectivity index (χ0v) is 14.4. The van der Waals surface area contributed by atoms with Gasteiger partial charge in [-0.25, -0.2) is 4.39 Å². The Hall–Kier alpha value is -1.97. The monoisotopic (exact) mass is 329 g/mol. The maximum absolute atomic E-state index is 13.5. The van der Waals surface area contributed by atoms with Gasteiger partial charge in [0.15, 0.2) is 11.6 Å². The molecular weight excluding hydrogens is 305 g/mol. The van der Waals surface area contributed by atoms with Crippen molar-refractivity contribution in [1.82, 2.24) is 4.90 Å². The van der Waals surface area contributed by atoms with E-state index in [2.05, 4.69) is 18.7 Å². The van der Waals surface area contributed by atoms with Crippen LogP contribution < -0.4 is 0 Å². The van der Waals surface area contributed by atoms with E-state index in [9.17, 15) is 14.0 Å². The molecule has 4 heteroatoms. The molecule has 1 fully saturated rings. The molecule has 3 rings (SSSR count). The first kappa shape index (κ1) is 16.9. The summed E-state index contributed by atoms with van der Waals surface area (Å²) in [6.45, 7) is 5.91. The standard InChI is InChI=1S/C20H24FNO2/c1-20(2)12-16(22-9-4-3-5-10-22)18(17(23)13-20)19(24)14-7-6-8-15(21)11-14/h6-8,11H,3-5,9-10,12-13H2,1-2H3. The average Bonchev–Trinajstić information content (AvgIpc) is 2.53. The molecule has 1 aromatic carbocycles. The Morgan fingerprint density at radius 2 is 1.83 bits per heavy atom. The minimum absolute atomic E-state index is 0.110. The van der Waals surface area contributed by atoms with Crippen LogP contribution in [-0.2, 0) is 4.79 Å². The highest BCUT2D eigenvalue weighted by Crippen LogP contribution is 2.40. The third-order valence-electron chi connectivity index (χ3n) is 4.90. The van der Waals surface area contributed by atoms with E-state index in [-0.39, 0.29) is 28.1 Å². The van der Waals surface area contributed by atoms with Crippen LogP contribution in [0, 0.1) is 11.2 Å². The van der Waals surface area contributed by atoms with E-state index in [1.54, 1.807) is 6.07 Å². The van der Waals surface area contributed by atoms with Gasteiger partial charge in [-0.05, 0) is 43.2 Å². The smallest absolute Gasteiger partial charge is 0.198 e. The van der Waals surface area contributed by atoms with Gasteiger partial charge in [0.1, 0.15) is 5.82 Å². The molecule has 24 heavy (non-hydrogen) atoms. The zero-order chi connectivity index (χ0) is 17.3. The molecule has 1 saturated heterocycles. The van der Waals surface area contributed by atoms with E-state index < -0.39 is 5.82 Å². The van der Waals surface area contributed by atoms with Crippen LogP contribution in [-0.4, -0.2) is 29.6 Å². The van der Waals surface area contributed by atoms with Gasteiger partial charge in [0.2, 0.25) is 0 Å². The van der Waals surface area contributed by atoms with Crippen molar-refractivity contribution in [3.05, 3.63) is 46.9 Å². The second kappa shape index (κ2) is 6.50. The van der Waals surface area contributed by atoms with Gasteiger partial charge in [0.25, 0.3) is 0 Å². The Morgan fingerprint density at radius 3 is 2.50 bits per heavy atom. The molecule has 0 bridgehead atoms. The first-order valence-corrected chi connectivity index (χ1v) is 8.69. The van der Waals surface area contributed by atoms with Crippen LogP contribution in [0.2, 0.25) is 0 Å². The van der Waals surface area contributed by atoms with Crippen molar-refractivity contribution in [3.63, 3.8) is 0 Å². The summed E-state index contributed by atoms with van der Waals surface area (Å²) in [6.07, 6.45) is 4.43. The normalized spacial score (nSPS) is 21.1. The van der Waals surface area contributed by atoms with Crippen molar-refractivity contribution < 1.29 is 14.0 Å². The molecule has 0 unspecified atom stereocenters. The summed E-state index contributed by atoms with van der Waals surface area (Å²) in [6, 6.07) is 5.62. The highest BCUT2D eigenvalue weighted by molar-refractivity contribution is 6.27. The third kappa shape index (κ3) is 3.42. The van der Waals surface area contributed by atoms with Gasteiger partial charge in [-0.2, -0.15) is 0 Å². The van der Waals surface area contributed by atoms with Crippen LogP contribution in [0.25, 0.3) is 0 Å². The van der Waals surface area contributed by atoms with Crippen molar-refractivity contribution in [2.45, 2.75) is 46.0 Å². The number of nitrogens with zero attached hydrogens (tertiary/aromatic N) is 1. The topological polar surface area (TPSA) is 37.4 Å². The Labute approximate surface area is 142 Å². The van der Waals surface area contributed by atoms with Crippen LogP contribution in [0.1, 0.15) is 56.3 Å². The number of carbonyl (C=O) groups excluding carboxylic acids is 2. The van der Waals surface area contributed by atoms with E-state index in [4.69, 9.17) is 0 Å². The molecule has 1 aromatic rings. The van der Waals surface area contributed by atoms with Gasteiger partial charge < -0.3 is 4.90 Å². The summed E-state index contributed by atoms with van der Waals surface area (Å²) in [7, 11) is 0. The van der Waals surface area contributed by atoms with E-state index in [1.165, 1.54) is 24.6 Å². The molecule has 0 amide bonds. The largest absolute Gasteiger partial charge is 0.374 e. The number of Topliss-reactive ketones (excluding diaryl/α,β-unsaturated/α-hetero) is 2. The van der Waals surface area contributed by atoms with E-state index in [1.807, 2.05) is 0 Å². The van der Waals surface area contributed by atoms with E-state index in [0.717, 1.165) is 38.0 Å². The van der Waals surface area contributed by atoms with Gasteiger partial charge in [0, 0.05) is 30.8 Å². The fourth-order valence-electron chi connectivity index (χ4n) is 3.75. The number of ketones is 2. The number of piperidine rings is 1. The number of allylic oxidation sites excluding steroid dienone is 2. The van der Waals surface area contributed by atoms with Crippen molar-refractivity contribution >= 4 is 11.6 Å². The molecule has 0 atom stereocenters. The number of rotatable bonds is 3. The minimum Gasteiger partial charge on any atom is -0.374 e. The quantitative estimate of drug-likeness (QED) is 0.618. The number of halogens is 1. The minimum atomic E-state index is -0.454. The molecule has 0 saturated carbocycles. The Balaban J connectivity index is 2.05. The average molecular weight is 329 g/mol.